The maximum atomic E-state index is 12.5. The van der Waals surface area contributed by atoms with Crippen molar-refractivity contribution in [3.63, 3.8) is 0 Å². The van der Waals surface area contributed by atoms with E-state index in [-0.39, 0.29) is 12.3 Å². The molecule has 0 spiro atoms. The minimum atomic E-state index is -4.38. The maximum Gasteiger partial charge on any atom is 0.416 e. The molecule has 7 heteroatoms. The zero-order valence-electron chi connectivity index (χ0n) is 13.4. The van der Waals surface area contributed by atoms with Gasteiger partial charge in [0.15, 0.2) is 0 Å². The van der Waals surface area contributed by atoms with Crippen LogP contribution in [0.25, 0.3) is 0 Å². The summed E-state index contributed by atoms with van der Waals surface area (Å²) < 4.78 is 37.4. The fourth-order valence-corrected chi connectivity index (χ4v) is 2.30. The molecule has 0 aromatic heterocycles. The van der Waals surface area contributed by atoms with Crippen molar-refractivity contribution in [2.45, 2.75) is 19.0 Å². The summed E-state index contributed by atoms with van der Waals surface area (Å²) in [6, 6.07) is 11.9. The number of carbonyl (C=O) groups excluding carboxylic acids is 1. The molecule has 134 valence electrons. The van der Waals surface area contributed by atoms with Crippen LogP contribution in [0.5, 0.6) is 0 Å². The number of alkyl halides is 3. The molecule has 0 bridgehead atoms. The van der Waals surface area contributed by atoms with Gasteiger partial charge in [0, 0.05) is 23.7 Å². The van der Waals surface area contributed by atoms with Crippen LogP contribution in [0.2, 0.25) is 5.02 Å². The normalized spacial score (nSPS) is 11.4. The average Bonchev–Trinajstić information content (AvgIpc) is 2.56. The molecule has 3 nitrogen and oxygen atoms in total. The minimum absolute atomic E-state index is 0.238. The van der Waals surface area contributed by atoms with Crippen molar-refractivity contribution in [1.29, 1.82) is 0 Å². The summed E-state index contributed by atoms with van der Waals surface area (Å²) in [5.41, 5.74) is 0.750. The Balaban J connectivity index is 1.66. The van der Waals surface area contributed by atoms with Crippen LogP contribution in [0.1, 0.15) is 17.5 Å². The Hall–Kier alpha value is -2.05. The Bertz CT molecular complexity index is 685. The topological polar surface area (TPSA) is 41.1 Å². The summed E-state index contributed by atoms with van der Waals surface area (Å²) in [6.45, 7) is 1.20. The zero-order valence-corrected chi connectivity index (χ0v) is 14.1. The largest absolute Gasteiger partial charge is 0.416 e. The van der Waals surface area contributed by atoms with E-state index in [4.69, 9.17) is 11.6 Å². The van der Waals surface area contributed by atoms with Gasteiger partial charge in [-0.1, -0.05) is 23.7 Å². The van der Waals surface area contributed by atoms with Crippen molar-refractivity contribution in [3.05, 3.63) is 64.7 Å². The van der Waals surface area contributed by atoms with Crippen molar-refractivity contribution < 1.29 is 18.0 Å². The van der Waals surface area contributed by atoms with Gasteiger partial charge >= 0.3 is 6.18 Å². The second-order valence-corrected chi connectivity index (χ2v) is 5.94. The second kappa shape index (κ2) is 8.87. The molecule has 2 rings (SSSR count). The molecule has 25 heavy (non-hydrogen) atoms. The molecule has 2 aromatic rings. The number of hydrogen-bond donors (Lipinski definition) is 2. The van der Waals surface area contributed by atoms with Gasteiger partial charge in [-0.15, -0.1) is 0 Å². The molecule has 0 aliphatic carbocycles. The molecular formula is C18H18ClF3N2O. The summed E-state index contributed by atoms with van der Waals surface area (Å²) in [5, 5.41) is 6.42. The number of rotatable bonds is 7. The van der Waals surface area contributed by atoms with Gasteiger partial charge in [-0.05, 0) is 54.9 Å². The first-order valence-corrected chi connectivity index (χ1v) is 8.14. The van der Waals surface area contributed by atoms with E-state index in [1.165, 1.54) is 12.1 Å². The van der Waals surface area contributed by atoms with Crippen LogP contribution in [0, 0.1) is 0 Å². The van der Waals surface area contributed by atoms with Gasteiger partial charge in [-0.3, -0.25) is 4.79 Å². The molecule has 0 aliphatic heterocycles. The van der Waals surface area contributed by atoms with Gasteiger partial charge in [0.1, 0.15) is 0 Å². The SMILES string of the molecule is O=C(CCNCCc1ccc(Cl)cc1)Nc1ccc(C(F)(F)F)cc1. The number of anilines is 1. The standard InChI is InChI=1S/C18H18ClF3N2O/c19-15-5-1-13(2-6-15)9-11-23-12-10-17(25)24-16-7-3-14(4-8-16)18(20,21)22/h1-8,23H,9-12H2,(H,24,25). The van der Waals surface area contributed by atoms with E-state index in [0.717, 1.165) is 30.7 Å². The van der Waals surface area contributed by atoms with Crippen LogP contribution in [-0.4, -0.2) is 19.0 Å². The molecule has 0 saturated heterocycles. The van der Waals surface area contributed by atoms with Crippen molar-refractivity contribution in [3.8, 4) is 0 Å². The highest BCUT2D eigenvalue weighted by Gasteiger charge is 2.29. The zero-order chi connectivity index (χ0) is 18.3. The summed E-state index contributed by atoms with van der Waals surface area (Å²) in [6.07, 6.45) is -3.32. The highest BCUT2D eigenvalue weighted by molar-refractivity contribution is 6.30. The molecule has 0 saturated carbocycles. The Kier molecular flexibility index (Phi) is 6.84. The van der Waals surface area contributed by atoms with Gasteiger partial charge in [-0.25, -0.2) is 0 Å². The lowest BCUT2D eigenvalue weighted by molar-refractivity contribution is -0.137. The molecule has 2 N–H and O–H groups in total. The van der Waals surface area contributed by atoms with Crippen molar-refractivity contribution in [2.75, 3.05) is 18.4 Å². The molecule has 0 atom stereocenters. The highest BCUT2D eigenvalue weighted by atomic mass is 35.5. The summed E-state index contributed by atoms with van der Waals surface area (Å²) in [4.78, 5) is 11.8. The number of halogens is 4. The number of benzene rings is 2. The van der Waals surface area contributed by atoms with Gasteiger partial charge < -0.3 is 10.6 Å². The third-order valence-corrected chi connectivity index (χ3v) is 3.78. The monoisotopic (exact) mass is 370 g/mol. The van der Waals surface area contributed by atoms with E-state index in [9.17, 15) is 18.0 Å². The molecule has 1 amide bonds. The van der Waals surface area contributed by atoms with Gasteiger partial charge in [0.25, 0.3) is 0 Å². The predicted octanol–water partition coefficient (Wildman–Crippen LogP) is 4.52. The van der Waals surface area contributed by atoms with E-state index < -0.39 is 11.7 Å². The molecule has 0 heterocycles. The Labute approximate surface area is 149 Å². The Morgan fingerprint density at radius 2 is 1.60 bits per heavy atom. The first-order chi connectivity index (χ1) is 11.8. The summed E-state index contributed by atoms with van der Waals surface area (Å²) >= 11 is 5.81. The van der Waals surface area contributed by atoms with Crippen LogP contribution in [0.3, 0.4) is 0 Å². The third kappa shape index (κ3) is 6.76. The average molecular weight is 371 g/mol. The predicted molar refractivity (Wildman–Crippen MR) is 92.7 cm³/mol. The molecule has 2 aromatic carbocycles. The first kappa shape index (κ1) is 19.3. The van der Waals surface area contributed by atoms with Crippen LogP contribution < -0.4 is 10.6 Å². The van der Waals surface area contributed by atoms with Crippen LogP contribution in [0.15, 0.2) is 48.5 Å². The molecule has 0 unspecified atom stereocenters. The lowest BCUT2D eigenvalue weighted by Gasteiger charge is -2.09. The summed E-state index contributed by atoms with van der Waals surface area (Å²) in [5.74, 6) is -0.251. The third-order valence-electron chi connectivity index (χ3n) is 3.53. The molecule has 0 radical (unpaired) electrons. The fraction of sp³-hybridized carbons (Fsp3) is 0.278. The highest BCUT2D eigenvalue weighted by Crippen LogP contribution is 2.29. The number of amides is 1. The van der Waals surface area contributed by atoms with E-state index >= 15 is 0 Å². The van der Waals surface area contributed by atoms with Gasteiger partial charge in [0.2, 0.25) is 5.91 Å². The van der Waals surface area contributed by atoms with Gasteiger partial charge in [0.05, 0.1) is 5.56 Å². The smallest absolute Gasteiger partial charge is 0.326 e. The number of carbonyl (C=O) groups is 1. The van der Waals surface area contributed by atoms with Crippen LogP contribution >= 0.6 is 11.6 Å². The van der Waals surface area contributed by atoms with E-state index in [1.807, 2.05) is 24.3 Å². The molecular weight excluding hydrogens is 353 g/mol. The molecule has 0 fully saturated rings. The fourth-order valence-electron chi connectivity index (χ4n) is 2.18. The van der Waals surface area contributed by atoms with Crippen molar-refractivity contribution >= 4 is 23.2 Å². The van der Waals surface area contributed by atoms with E-state index in [2.05, 4.69) is 10.6 Å². The van der Waals surface area contributed by atoms with Crippen LogP contribution in [-0.2, 0) is 17.4 Å². The lowest BCUT2D eigenvalue weighted by Crippen LogP contribution is -2.23. The Morgan fingerprint density at radius 1 is 0.960 bits per heavy atom. The number of nitrogens with one attached hydrogen (secondary N) is 2. The van der Waals surface area contributed by atoms with E-state index in [0.29, 0.717) is 17.3 Å². The Morgan fingerprint density at radius 3 is 2.20 bits per heavy atom. The van der Waals surface area contributed by atoms with Crippen molar-refractivity contribution in [2.24, 2.45) is 0 Å². The summed E-state index contributed by atoms with van der Waals surface area (Å²) in [7, 11) is 0. The first-order valence-electron chi connectivity index (χ1n) is 7.77. The second-order valence-electron chi connectivity index (χ2n) is 5.50. The quantitative estimate of drug-likeness (QED) is 0.703. The van der Waals surface area contributed by atoms with Gasteiger partial charge in [-0.2, -0.15) is 13.2 Å². The van der Waals surface area contributed by atoms with E-state index in [1.54, 1.807) is 0 Å². The molecule has 0 aliphatic rings. The maximum absolute atomic E-state index is 12.5. The minimum Gasteiger partial charge on any atom is -0.326 e. The van der Waals surface area contributed by atoms with Crippen molar-refractivity contribution in [1.82, 2.24) is 5.32 Å². The lowest BCUT2D eigenvalue weighted by atomic mass is 10.1. The number of hydrogen-bond acceptors (Lipinski definition) is 2. The van der Waals surface area contributed by atoms with Crippen LogP contribution in [0.4, 0.5) is 18.9 Å².